The second-order valence-electron chi connectivity index (χ2n) is 6.87. The van der Waals surface area contributed by atoms with Crippen molar-refractivity contribution < 1.29 is 9.53 Å². The predicted molar refractivity (Wildman–Crippen MR) is 97.1 cm³/mol. The summed E-state index contributed by atoms with van der Waals surface area (Å²) in [6.07, 6.45) is 4.02. The van der Waals surface area contributed by atoms with Crippen LogP contribution in [-0.4, -0.2) is 51.1 Å². The summed E-state index contributed by atoms with van der Waals surface area (Å²) in [5.41, 5.74) is 6.96. The van der Waals surface area contributed by atoms with Crippen molar-refractivity contribution in [2.75, 3.05) is 40.3 Å². The van der Waals surface area contributed by atoms with E-state index in [4.69, 9.17) is 10.5 Å². The zero-order valence-corrected chi connectivity index (χ0v) is 15.0. The van der Waals surface area contributed by atoms with Crippen molar-refractivity contribution in [1.82, 2.24) is 10.2 Å². The molecule has 0 bridgehead atoms. The first kappa shape index (κ1) is 18.7. The molecule has 1 saturated carbocycles. The summed E-state index contributed by atoms with van der Waals surface area (Å²) in [4.78, 5) is 14.3. The number of amides is 1. The van der Waals surface area contributed by atoms with E-state index in [-0.39, 0.29) is 11.8 Å². The molecule has 5 nitrogen and oxygen atoms in total. The van der Waals surface area contributed by atoms with Gasteiger partial charge in [0.1, 0.15) is 12.4 Å². The van der Waals surface area contributed by atoms with Gasteiger partial charge in [0.05, 0.1) is 0 Å². The van der Waals surface area contributed by atoms with Crippen LogP contribution in [0.25, 0.3) is 0 Å². The maximum atomic E-state index is 12.2. The Balaban J connectivity index is 1.69. The van der Waals surface area contributed by atoms with Crippen LogP contribution < -0.4 is 15.8 Å². The highest BCUT2D eigenvalue weighted by molar-refractivity contribution is 5.79. The first-order valence-corrected chi connectivity index (χ1v) is 8.94. The molecule has 1 aromatic carbocycles. The lowest BCUT2D eigenvalue weighted by Gasteiger charge is -2.17. The van der Waals surface area contributed by atoms with Crippen molar-refractivity contribution in [1.29, 1.82) is 0 Å². The third-order valence-corrected chi connectivity index (χ3v) is 4.74. The van der Waals surface area contributed by atoms with Gasteiger partial charge in [0.2, 0.25) is 5.91 Å². The van der Waals surface area contributed by atoms with Crippen molar-refractivity contribution in [2.45, 2.75) is 25.7 Å². The average molecular weight is 333 g/mol. The smallest absolute Gasteiger partial charge is 0.223 e. The van der Waals surface area contributed by atoms with E-state index in [0.717, 1.165) is 38.0 Å². The number of nitrogens with one attached hydrogen (secondary N) is 1. The fraction of sp³-hybridized carbons (Fsp3) is 0.632. The third kappa shape index (κ3) is 5.80. The van der Waals surface area contributed by atoms with Crippen molar-refractivity contribution in [2.24, 2.45) is 17.6 Å². The summed E-state index contributed by atoms with van der Waals surface area (Å²) < 4.78 is 5.68. The number of likely N-dealkylation sites (N-methyl/N-ethyl adjacent to an activating group) is 1. The SMILES string of the molecule is CN(C)CCOc1ccc(CCNC(=O)[C@@H]2CCC[C@@H]2CN)cc1. The standard InChI is InChI=1S/C19H31N3O2/c1-22(2)12-13-24-17-8-6-15(7-9-17)10-11-21-19(23)18-5-3-4-16(18)14-20/h6-9,16,18H,3-5,10-14,20H2,1-2H3,(H,21,23)/t16-,18-/m1/s1. The van der Waals surface area contributed by atoms with Gasteiger partial charge in [-0.1, -0.05) is 18.6 Å². The quantitative estimate of drug-likeness (QED) is 0.721. The molecule has 1 aromatic rings. The molecule has 134 valence electrons. The summed E-state index contributed by atoms with van der Waals surface area (Å²) in [5.74, 6) is 1.54. The van der Waals surface area contributed by atoms with Crippen LogP contribution in [0, 0.1) is 11.8 Å². The fourth-order valence-corrected chi connectivity index (χ4v) is 3.22. The Kier molecular flexibility index (Phi) is 7.53. The molecule has 5 heteroatoms. The molecular formula is C19H31N3O2. The van der Waals surface area contributed by atoms with Crippen molar-refractivity contribution in [3.8, 4) is 5.75 Å². The number of benzene rings is 1. The van der Waals surface area contributed by atoms with Crippen molar-refractivity contribution in [3.05, 3.63) is 29.8 Å². The zero-order chi connectivity index (χ0) is 17.4. The Morgan fingerprint density at radius 3 is 2.71 bits per heavy atom. The summed E-state index contributed by atoms with van der Waals surface area (Å²) in [5, 5.41) is 3.07. The van der Waals surface area contributed by atoms with E-state index in [0.29, 0.717) is 25.6 Å². The molecule has 1 amide bonds. The maximum Gasteiger partial charge on any atom is 0.223 e. The van der Waals surface area contributed by atoms with Crippen LogP contribution in [0.5, 0.6) is 5.75 Å². The maximum absolute atomic E-state index is 12.2. The van der Waals surface area contributed by atoms with Crippen LogP contribution in [0.4, 0.5) is 0 Å². The minimum absolute atomic E-state index is 0.113. The number of carbonyl (C=O) groups excluding carboxylic acids is 1. The molecule has 0 spiro atoms. The molecule has 0 aromatic heterocycles. The first-order valence-electron chi connectivity index (χ1n) is 8.94. The second kappa shape index (κ2) is 9.64. The van der Waals surface area contributed by atoms with E-state index < -0.39 is 0 Å². The minimum Gasteiger partial charge on any atom is -0.492 e. The number of hydrogen-bond donors (Lipinski definition) is 2. The van der Waals surface area contributed by atoms with Gasteiger partial charge in [-0.3, -0.25) is 4.79 Å². The Morgan fingerprint density at radius 2 is 2.04 bits per heavy atom. The minimum atomic E-state index is 0.113. The Labute approximate surface area is 145 Å². The van der Waals surface area contributed by atoms with Crippen LogP contribution in [0.1, 0.15) is 24.8 Å². The Bertz CT molecular complexity index is 502. The average Bonchev–Trinajstić information content (AvgIpc) is 3.04. The molecule has 1 aliphatic carbocycles. The highest BCUT2D eigenvalue weighted by Gasteiger charge is 2.31. The molecule has 0 saturated heterocycles. The molecule has 2 rings (SSSR count). The highest BCUT2D eigenvalue weighted by atomic mass is 16.5. The van der Waals surface area contributed by atoms with Crippen LogP contribution in [-0.2, 0) is 11.2 Å². The monoisotopic (exact) mass is 333 g/mol. The van der Waals surface area contributed by atoms with Gasteiger partial charge in [0.25, 0.3) is 0 Å². The number of hydrogen-bond acceptors (Lipinski definition) is 4. The summed E-state index contributed by atoms with van der Waals surface area (Å²) in [7, 11) is 4.06. The van der Waals surface area contributed by atoms with Crippen molar-refractivity contribution >= 4 is 5.91 Å². The van der Waals surface area contributed by atoms with Gasteiger partial charge >= 0.3 is 0 Å². The summed E-state index contributed by atoms with van der Waals surface area (Å²) in [6.45, 7) is 2.88. The predicted octanol–water partition coefficient (Wildman–Crippen LogP) is 1.66. The third-order valence-electron chi connectivity index (χ3n) is 4.74. The molecule has 2 atom stereocenters. The van der Waals surface area contributed by atoms with Gasteiger partial charge in [-0.15, -0.1) is 0 Å². The van der Waals surface area contributed by atoms with Gasteiger partial charge in [-0.2, -0.15) is 0 Å². The van der Waals surface area contributed by atoms with Gasteiger partial charge in [0.15, 0.2) is 0 Å². The van der Waals surface area contributed by atoms with Gasteiger partial charge < -0.3 is 20.7 Å². The zero-order valence-electron chi connectivity index (χ0n) is 15.0. The lowest BCUT2D eigenvalue weighted by Crippen LogP contribution is -2.36. The molecular weight excluding hydrogens is 302 g/mol. The van der Waals surface area contributed by atoms with E-state index in [1.165, 1.54) is 5.56 Å². The Hall–Kier alpha value is -1.59. The molecule has 0 aliphatic heterocycles. The van der Waals surface area contributed by atoms with E-state index in [1.54, 1.807) is 0 Å². The van der Waals surface area contributed by atoms with Crippen LogP contribution in [0.2, 0.25) is 0 Å². The summed E-state index contributed by atoms with van der Waals surface area (Å²) in [6, 6.07) is 8.12. The molecule has 0 heterocycles. The van der Waals surface area contributed by atoms with Gasteiger partial charge in [0, 0.05) is 19.0 Å². The molecule has 1 aliphatic rings. The second-order valence-corrected chi connectivity index (χ2v) is 6.87. The number of nitrogens with two attached hydrogens (primary N) is 1. The van der Waals surface area contributed by atoms with Crippen LogP contribution in [0.3, 0.4) is 0 Å². The van der Waals surface area contributed by atoms with Crippen molar-refractivity contribution in [3.63, 3.8) is 0 Å². The highest BCUT2D eigenvalue weighted by Crippen LogP contribution is 2.30. The van der Waals surface area contributed by atoms with Gasteiger partial charge in [-0.05, 0) is 63.5 Å². The number of carbonyl (C=O) groups is 1. The number of ether oxygens (including phenoxy) is 1. The molecule has 1 fully saturated rings. The van der Waals surface area contributed by atoms with E-state index in [2.05, 4.69) is 22.3 Å². The lowest BCUT2D eigenvalue weighted by molar-refractivity contribution is -0.125. The van der Waals surface area contributed by atoms with E-state index in [1.807, 2.05) is 26.2 Å². The normalized spacial score (nSPS) is 20.3. The number of rotatable bonds is 9. The van der Waals surface area contributed by atoms with Gasteiger partial charge in [-0.25, -0.2) is 0 Å². The fourth-order valence-electron chi connectivity index (χ4n) is 3.22. The molecule has 0 radical (unpaired) electrons. The first-order chi connectivity index (χ1) is 11.6. The molecule has 0 unspecified atom stereocenters. The van der Waals surface area contributed by atoms with Crippen LogP contribution >= 0.6 is 0 Å². The molecule has 24 heavy (non-hydrogen) atoms. The topological polar surface area (TPSA) is 67.6 Å². The molecule has 3 N–H and O–H groups in total. The van der Waals surface area contributed by atoms with Crippen LogP contribution in [0.15, 0.2) is 24.3 Å². The summed E-state index contributed by atoms with van der Waals surface area (Å²) >= 11 is 0. The lowest BCUT2D eigenvalue weighted by atomic mass is 9.95. The number of nitrogens with zero attached hydrogens (tertiary/aromatic N) is 1. The van der Waals surface area contributed by atoms with E-state index in [9.17, 15) is 4.79 Å². The Morgan fingerprint density at radius 1 is 1.29 bits per heavy atom. The largest absolute Gasteiger partial charge is 0.492 e. The van der Waals surface area contributed by atoms with E-state index >= 15 is 0 Å².